The Hall–Kier alpha value is -3.00. The zero-order valence-corrected chi connectivity index (χ0v) is 18.9. The predicted octanol–water partition coefficient (Wildman–Crippen LogP) is 3.45. The minimum absolute atomic E-state index is 0.0826. The molecule has 0 unspecified atom stereocenters. The molecule has 1 amide bonds. The summed E-state index contributed by atoms with van der Waals surface area (Å²) in [6.45, 7) is 0.471. The van der Waals surface area contributed by atoms with Gasteiger partial charge in [-0.3, -0.25) is 9.59 Å². The topological polar surface area (TPSA) is 70.0 Å². The smallest absolute Gasteiger partial charge is 0.242 e. The molecule has 0 aliphatic heterocycles. The van der Waals surface area contributed by atoms with Crippen molar-refractivity contribution in [3.05, 3.63) is 62.9 Å². The summed E-state index contributed by atoms with van der Waals surface area (Å²) in [5, 5.41) is 0.562. The number of halogens is 1. The Morgan fingerprint density at radius 1 is 1.03 bits per heavy atom. The van der Waals surface area contributed by atoms with Crippen molar-refractivity contribution in [2.24, 2.45) is 0 Å². The summed E-state index contributed by atoms with van der Waals surface area (Å²) in [7, 11) is 6.38. The number of nitrogens with zero attached hydrogens (tertiary/aromatic N) is 2. The van der Waals surface area contributed by atoms with E-state index in [2.05, 4.69) is 15.9 Å². The molecule has 2 aromatic carbocycles. The van der Waals surface area contributed by atoms with E-state index < -0.39 is 0 Å². The van der Waals surface area contributed by atoms with Crippen LogP contribution in [0.1, 0.15) is 5.56 Å². The molecule has 3 rings (SSSR count). The molecular formula is C22H23BrN2O5. The van der Waals surface area contributed by atoms with Crippen LogP contribution in [0, 0.1) is 0 Å². The fourth-order valence-electron chi connectivity index (χ4n) is 3.28. The summed E-state index contributed by atoms with van der Waals surface area (Å²) in [5.41, 5.74) is 1.47. The van der Waals surface area contributed by atoms with E-state index in [1.807, 2.05) is 24.3 Å². The van der Waals surface area contributed by atoms with Crippen molar-refractivity contribution in [2.45, 2.75) is 13.1 Å². The SMILES string of the molecule is COc1cc(CN(C)C(=O)Cn2ccc(=O)c3cc(Br)ccc32)cc(OC)c1OC. The van der Waals surface area contributed by atoms with E-state index in [4.69, 9.17) is 14.2 Å². The van der Waals surface area contributed by atoms with Crippen molar-refractivity contribution in [1.82, 2.24) is 9.47 Å². The maximum atomic E-state index is 12.9. The van der Waals surface area contributed by atoms with Crippen LogP contribution in [0.3, 0.4) is 0 Å². The molecule has 3 aromatic rings. The molecule has 158 valence electrons. The van der Waals surface area contributed by atoms with Gasteiger partial charge in [0.15, 0.2) is 16.9 Å². The van der Waals surface area contributed by atoms with E-state index in [0.29, 0.717) is 34.7 Å². The molecule has 0 atom stereocenters. The average Bonchev–Trinajstić information content (AvgIpc) is 2.74. The summed E-state index contributed by atoms with van der Waals surface area (Å²) >= 11 is 3.38. The van der Waals surface area contributed by atoms with Gasteiger partial charge in [0.2, 0.25) is 11.7 Å². The lowest BCUT2D eigenvalue weighted by Gasteiger charge is -2.21. The summed E-state index contributed by atoms with van der Waals surface area (Å²) in [5.74, 6) is 1.47. The first kappa shape index (κ1) is 21.7. The highest BCUT2D eigenvalue weighted by Gasteiger charge is 2.17. The number of carbonyl (C=O) groups is 1. The Morgan fingerprint density at radius 2 is 1.70 bits per heavy atom. The summed E-state index contributed by atoms with van der Waals surface area (Å²) in [6, 6.07) is 10.5. The Balaban J connectivity index is 1.83. The highest BCUT2D eigenvalue weighted by atomic mass is 79.9. The van der Waals surface area contributed by atoms with Crippen molar-refractivity contribution >= 4 is 32.7 Å². The highest BCUT2D eigenvalue weighted by molar-refractivity contribution is 9.10. The van der Waals surface area contributed by atoms with Crippen LogP contribution < -0.4 is 19.6 Å². The molecule has 30 heavy (non-hydrogen) atoms. The number of benzene rings is 2. The Kier molecular flexibility index (Phi) is 6.66. The molecule has 0 fully saturated rings. The van der Waals surface area contributed by atoms with Gasteiger partial charge in [-0.2, -0.15) is 0 Å². The Labute approximate surface area is 182 Å². The molecule has 1 aromatic heterocycles. The number of methoxy groups -OCH3 is 3. The number of hydrogen-bond donors (Lipinski definition) is 0. The Bertz CT molecular complexity index is 1120. The molecule has 0 spiro atoms. The minimum atomic E-state index is -0.100. The van der Waals surface area contributed by atoms with E-state index in [1.54, 1.807) is 50.1 Å². The summed E-state index contributed by atoms with van der Waals surface area (Å²) in [4.78, 5) is 26.6. The third kappa shape index (κ3) is 4.43. The molecule has 0 saturated heterocycles. The van der Waals surface area contributed by atoms with E-state index >= 15 is 0 Å². The standard InChI is InChI=1S/C22H23BrN2O5/c1-24(12-14-9-19(28-2)22(30-4)20(10-14)29-3)21(27)13-25-8-7-18(26)16-11-15(23)5-6-17(16)25/h5-11H,12-13H2,1-4H3. The molecular weight excluding hydrogens is 452 g/mol. The largest absolute Gasteiger partial charge is 0.493 e. The molecule has 0 aliphatic rings. The van der Waals surface area contributed by atoms with Gasteiger partial charge in [0, 0.05) is 35.7 Å². The van der Waals surface area contributed by atoms with Crippen LogP contribution in [0.4, 0.5) is 0 Å². The van der Waals surface area contributed by atoms with Crippen LogP contribution in [-0.2, 0) is 17.9 Å². The molecule has 1 heterocycles. The number of ether oxygens (including phenoxy) is 3. The van der Waals surface area contributed by atoms with E-state index in [0.717, 1.165) is 10.0 Å². The number of aromatic nitrogens is 1. The van der Waals surface area contributed by atoms with E-state index in [9.17, 15) is 9.59 Å². The molecule has 7 nitrogen and oxygen atoms in total. The van der Waals surface area contributed by atoms with Gasteiger partial charge in [-0.25, -0.2) is 0 Å². The van der Waals surface area contributed by atoms with Crippen molar-refractivity contribution in [3.63, 3.8) is 0 Å². The van der Waals surface area contributed by atoms with Gasteiger partial charge in [-0.05, 0) is 35.9 Å². The second-order valence-electron chi connectivity index (χ2n) is 6.75. The third-order valence-corrected chi connectivity index (χ3v) is 5.31. The minimum Gasteiger partial charge on any atom is -0.493 e. The molecule has 0 N–H and O–H groups in total. The number of hydrogen-bond acceptors (Lipinski definition) is 5. The zero-order valence-electron chi connectivity index (χ0n) is 17.3. The number of fused-ring (bicyclic) bond motifs is 1. The van der Waals surface area contributed by atoms with Gasteiger partial charge in [0.1, 0.15) is 6.54 Å². The first-order valence-electron chi connectivity index (χ1n) is 9.19. The summed E-state index contributed by atoms with van der Waals surface area (Å²) in [6.07, 6.45) is 1.64. The van der Waals surface area contributed by atoms with Crippen LogP contribution in [0.15, 0.2) is 51.9 Å². The maximum absolute atomic E-state index is 12.9. The quantitative estimate of drug-likeness (QED) is 0.524. The van der Waals surface area contributed by atoms with Crippen LogP contribution >= 0.6 is 15.9 Å². The van der Waals surface area contributed by atoms with Crippen molar-refractivity contribution in [3.8, 4) is 17.2 Å². The maximum Gasteiger partial charge on any atom is 0.242 e. The number of likely N-dealkylation sites (N-methyl/N-ethyl adjacent to an activating group) is 1. The Morgan fingerprint density at radius 3 is 2.30 bits per heavy atom. The van der Waals surface area contributed by atoms with Crippen molar-refractivity contribution in [2.75, 3.05) is 28.4 Å². The molecule has 0 bridgehead atoms. The van der Waals surface area contributed by atoms with Gasteiger partial charge < -0.3 is 23.7 Å². The number of carbonyl (C=O) groups excluding carboxylic acids is 1. The van der Waals surface area contributed by atoms with Crippen LogP contribution in [0.25, 0.3) is 10.9 Å². The number of pyridine rings is 1. The number of rotatable bonds is 7. The van der Waals surface area contributed by atoms with Crippen LogP contribution in [-0.4, -0.2) is 43.8 Å². The van der Waals surface area contributed by atoms with Gasteiger partial charge in [-0.15, -0.1) is 0 Å². The van der Waals surface area contributed by atoms with Crippen LogP contribution in [0.5, 0.6) is 17.2 Å². The lowest BCUT2D eigenvalue weighted by atomic mass is 10.1. The van der Waals surface area contributed by atoms with Gasteiger partial charge >= 0.3 is 0 Å². The van der Waals surface area contributed by atoms with Crippen molar-refractivity contribution in [1.29, 1.82) is 0 Å². The fourth-order valence-corrected chi connectivity index (χ4v) is 3.64. The van der Waals surface area contributed by atoms with Gasteiger partial charge in [0.05, 0.1) is 26.8 Å². The fraction of sp³-hybridized carbons (Fsp3) is 0.273. The lowest BCUT2D eigenvalue weighted by molar-refractivity contribution is -0.131. The first-order valence-corrected chi connectivity index (χ1v) is 9.98. The second kappa shape index (κ2) is 9.21. The lowest BCUT2D eigenvalue weighted by Crippen LogP contribution is -2.30. The monoisotopic (exact) mass is 474 g/mol. The van der Waals surface area contributed by atoms with Gasteiger partial charge in [0.25, 0.3) is 0 Å². The highest BCUT2D eigenvalue weighted by Crippen LogP contribution is 2.38. The van der Waals surface area contributed by atoms with E-state index in [1.165, 1.54) is 6.07 Å². The normalized spacial score (nSPS) is 10.7. The zero-order chi connectivity index (χ0) is 21.8. The third-order valence-electron chi connectivity index (χ3n) is 4.81. The number of amides is 1. The van der Waals surface area contributed by atoms with Gasteiger partial charge in [-0.1, -0.05) is 15.9 Å². The van der Waals surface area contributed by atoms with Crippen molar-refractivity contribution < 1.29 is 19.0 Å². The van der Waals surface area contributed by atoms with Crippen LogP contribution in [0.2, 0.25) is 0 Å². The first-order chi connectivity index (χ1) is 14.4. The predicted molar refractivity (Wildman–Crippen MR) is 118 cm³/mol. The molecule has 0 saturated carbocycles. The molecule has 8 heteroatoms. The molecule has 0 radical (unpaired) electrons. The van der Waals surface area contributed by atoms with E-state index in [-0.39, 0.29) is 17.9 Å². The average molecular weight is 475 g/mol. The second-order valence-corrected chi connectivity index (χ2v) is 7.67. The molecule has 0 aliphatic carbocycles. The summed E-state index contributed by atoms with van der Waals surface area (Å²) < 4.78 is 18.7.